The van der Waals surface area contributed by atoms with Crippen molar-refractivity contribution in [2.24, 2.45) is 5.92 Å². The largest absolute Gasteiger partial charge is 0.310 e. The van der Waals surface area contributed by atoms with Crippen LogP contribution in [0, 0.1) is 5.92 Å². The van der Waals surface area contributed by atoms with Gasteiger partial charge in [-0.3, -0.25) is 14.3 Å². The van der Waals surface area contributed by atoms with E-state index < -0.39 is 0 Å². The summed E-state index contributed by atoms with van der Waals surface area (Å²) in [5.41, 5.74) is 1.14. The van der Waals surface area contributed by atoms with Crippen LogP contribution in [0.3, 0.4) is 0 Å². The smallest absolute Gasteiger partial charge is 0.229 e. The topological polar surface area (TPSA) is 75.9 Å². The van der Waals surface area contributed by atoms with Crippen molar-refractivity contribution >= 4 is 27.7 Å². The van der Waals surface area contributed by atoms with Crippen molar-refractivity contribution < 1.29 is 4.79 Å². The van der Waals surface area contributed by atoms with Crippen molar-refractivity contribution in [3.63, 3.8) is 0 Å². The number of nitrogens with one attached hydrogen (secondary N) is 1. The second-order valence-electron chi connectivity index (χ2n) is 6.92. The van der Waals surface area contributed by atoms with E-state index in [1.165, 1.54) is 0 Å². The first-order valence-electron chi connectivity index (χ1n) is 9.25. The average Bonchev–Trinajstić information content (AvgIpc) is 3.25. The normalized spacial score (nSPS) is 17.4. The summed E-state index contributed by atoms with van der Waals surface area (Å²) in [6.07, 6.45) is 10.8. The van der Waals surface area contributed by atoms with Crippen LogP contribution >= 0.6 is 15.9 Å². The standard InChI is InChI=1S/C20H21BrN6O/c21-17-4-5-18(23-11-17)25-20(28)16-2-1-8-26(13-16)12-15-3-6-19(24-10-15)27-9-7-22-14-27/h3-7,9-11,14,16H,1-2,8,12-13H2,(H,23,25,28)/t16-/m0/s1. The van der Waals surface area contributed by atoms with E-state index in [0.29, 0.717) is 5.82 Å². The van der Waals surface area contributed by atoms with Crippen LogP contribution in [0.15, 0.2) is 59.9 Å². The summed E-state index contributed by atoms with van der Waals surface area (Å²) in [5.74, 6) is 1.44. The van der Waals surface area contributed by atoms with Gasteiger partial charge in [0.15, 0.2) is 0 Å². The molecule has 4 heterocycles. The number of aromatic nitrogens is 4. The lowest BCUT2D eigenvalue weighted by atomic mass is 9.96. The van der Waals surface area contributed by atoms with Crippen molar-refractivity contribution in [1.29, 1.82) is 0 Å². The Hall–Kier alpha value is -2.58. The molecule has 0 radical (unpaired) electrons. The third-order valence-electron chi connectivity index (χ3n) is 4.84. The van der Waals surface area contributed by atoms with Crippen LogP contribution in [0.4, 0.5) is 5.82 Å². The number of carbonyl (C=O) groups excluding carboxylic acids is 1. The summed E-state index contributed by atoms with van der Waals surface area (Å²) < 4.78 is 2.77. The quantitative estimate of drug-likeness (QED) is 0.658. The lowest BCUT2D eigenvalue weighted by Gasteiger charge is -2.31. The van der Waals surface area contributed by atoms with Crippen LogP contribution < -0.4 is 5.32 Å². The molecule has 0 spiro atoms. The first-order chi connectivity index (χ1) is 13.7. The van der Waals surface area contributed by atoms with E-state index in [4.69, 9.17) is 0 Å². The van der Waals surface area contributed by atoms with Gasteiger partial charge in [-0.2, -0.15) is 0 Å². The Labute approximate surface area is 172 Å². The molecule has 144 valence electrons. The molecule has 1 aliphatic rings. The molecule has 28 heavy (non-hydrogen) atoms. The van der Waals surface area contributed by atoms with Crippen LogP contribution in [0.1, 0.15) is 18.4 Å². The highest BCUT2D eigenvalue weighted by Crippen LogP contribution is 2.20. The zero-order valence-electron chi connectivity index (χ0n) is 15.3. The van der Waals surface area contributed by atoms with E-state index >= 15 is 0 Å². The molecule has 4 rings (SSSR count). The van der Waals surface area contributed by atoms with Gasteiger partial charge in [0.05, 0.1) is 5.92 Å². The molecule has 8 heteroatoms. The van der Waals surface area contributed by atoms with Gasteiger partial charge in [0.2, 0.25) is 5.91 Å². The summed E-state index contributed by atoms with van der Waals surface area (Å²) in [6.45, 7) is 2.52. The zero-order chi connectivity index (χ0) is 19.3. The number of anilines is 1. The molecule has 1 amide bonds. The number of pyridine rings is 2. The van der Waals surface area contributed by atoms with Gasteiger partial charge in [-0.25, -0.2) is 15.0 Å². The van der Waals surface area contributed by atoms with Crippen LogP contribution in [-0.2, 0) is 11.3 Å². The van der Waals surface area contributed by atoms with Gasteiger partial charge in [0, 0.05) is 42.3 Å². The number of nitrogens with zero attached hydrogens (tertiary/aromatic N) is 5. The van der Waals surface area contributed by atoms with Gasteiger partial charge in [0.1, 0.15) is 18.0 Å². The van der Waals surface area contributed by atoms with E-state index in [-0.39, 0.29) is 11.8 Å². The van der Waals surface area contributed by atoms with E-state index in [2.05, 4.69) is 47.2 Å². The number of hydrogen-bond acceptors (Lipinski definition) is 5. The van der Waals surface area contributed by atoms with Crippen molar-refractivity contribution in [2.45, 2.75) is 19.4 Å². The molecule has 1 aliphatic heterocycles. The Morgan fingerprint density at radius 3 is 2.86 bits per heavy atom. The first kappa shape index (κ1) is 18.8. The monoisotopic (exact) mass is 440 g/mol. The molecule has 1 atom stereocenters. The predicted octanol–water partition coefficient (Wildman–Crippen LogP) is 3.28. The Bertz CT molecular complexity index is 911. The van der Waals surface area contributed by atoms with Gasteiger partial charge in [-0.05, 0) is 59.1 Å². The highest BCUT2D eigenvalue weighted by Gasteiger charge is 2.26. The third kappa shape index (κ3) is 4.63. The van der Waals surface area contributed by atoms with Gasteiger partial charge in [-0.1, -0.05) is 6.07 Å². The lowest BCUT2D eigenvalue weighted by molar-refractivity contribution is -0.121. The maximum Gasteiger partial charge on any atom is 0.229 e. The Kier molecular flexibility index (Phi) is 5.78. The summed E-state index contributed by atoms with van der Waals surface area (Å²) in [7, 11) is 0. The maximum absolute atomic E-state index is 12.6. The summed E-state index contributed by atoms with van der Waals surface area (Å²) >= 11 is 3.35. The first-order valence-corrected chi connectivity index (χ1v) is 10.0. The molecular weight excluding hydrogens is 420 g/mol. The predicted molar refractivity (Wildman–Crippen MR) is 110 cm³/mol. The second-order valence-corrected chi connectivity index (χ2v) is 7.84. The average molecular weight is 441 g/mol. The third-order valence-corrected chi connectivity index (χ3v) is 5.31. The molecule has 7 nitrogen and oxygen atoms in total. The number of carbonyl (C=O) groups is 1. The number of amides is 1. The van der Waals surface area contributed by atoms with Gasteiger partial charge in [-0.15, -0.1) is 0 Å². The molecule has 0 aliphatic carbocycles. The second kappa shape index (κ2) is 8.62. The SMILES string of the molecule is O=C(Nc1ccc(Br)cn1)[C@H]1CCCN(Cc2ccc(-n3ccnc3)nc2)C1. The lowest BCUT2D eigenvalue weighted by Crippen LogP contribution is -2.40. The maximum atomic E-state index is 12.6. The van der Waals surface area contributed by atoms with Crippen molar-refractivity contribution in [3.05, 3.63) is 65.4 Å². The molecule has 3 aromatic heterocycles. The number of likely N-dealkylation sites (tertiary alicyclic amines) is 1. The number of imidazole rings is 1. The summed E-state index contributed by atoms with van der Waals surface area (Å²) in [5, 5.41) is 2.93. The molecule has 1 saturated heterocycles. The molecule has 0 bridgehead atoms. The number of hydrogen-bond donors (Lipinski definition) is 1. The minimum atomic E-state index is -0.0302. The summed E-state index contributed by atoms with van der Waals surface area (Å²) in [4.78, 5) is 27.7. The van der Waals surface area contributed by atoms with Crippen LogP contribution in [0.5, 0.6) is 0 Å². The summed E-state index contributed by atoms with van der Waals surface area (Å²) in [6, 6.07) is 7.74. The molecule has 0 aromatic carbocycles. The van der Waals surface area contributed by atoms with E-state index in [1.807, 2.05) is 29.1 Å². The molecule has 3 aromatic rings. The van der Waals surface area contributed by atoms with E-state index in [9.17, 15) is 4.79 Å². The van der Waals surface area contributed by atoms with Gasteiger partial charge >= 0.3 is 0 Å². The molecule has 1 fully saturated rings. The highest BCUT2D eigenvalue weighted by atomic mass is 79.9. The molecular formula is C20H21BrN6O. The van der Waals surface area contributed by atoms with Crippen LogP contribution in [0.2, 0.25) is 0 Å². The van der Waals surface area contributed by atoms with Crippen molar-refractivity contribution in [1.82, 2.24) is 24.4 Å². The minimum Gasteiger partial charge on any atom is -0.310 e. The number of rotatable bonds is 5. The van der Waals surface area contributed by atoms with E-state index in [0.717, 1.165) is 48.3 Å². The highest BCUT2D eigenvalue weighted by molar-refractivity contribution is 9.10. The molecule has 1 N–H and O–H groups in total. The van der Waals surface area contributed by atoms with Gasteiger partial charge in [0.25, 0.3) is 0 Å². The van der Waals surface area contributed by atoms with Crippen LogP contribution in [-0.4, -0.2) is 43.4 Å². The van der Waals surface area contributed by atoms with Crippen molar-refractivity contribution in [2.75, 3.05) is 18.4 Å². The fourth-order valence-electron chi connectivity index (χ4n) is 3.41. The van der Waals surface area contributed by atoms with Crippen LogP contribution in [0.25, 0.3) is 5.82 Å². The molecule has 0 saturated carbocycles. The fourth-order valence-corrected chi connectivity index (χ4v) is 3.64. The Morgan fingerprint density at radius 1 is 1.21 bits per heavy atom. The zero-order valence-corrected chi connectivity index (χ0v) is 16.9. The minimum absolute atomic E-state index is 0.0302. The van der Waals surface area contributed by atoms with E-state index in [1.54, 1.807) is 24.8 Å². The Balaban J connectivity index is 1.34. The fraction of sp³-hybridized carbons (Fsp3) is 0.300. The van der Waals surface area contributed by atoms with Gasteiger partial charge < -0.3 is 5.32 Å². The number of piperidine rings is 1. The Morgan fingerprint density at radius 2 is 2.14 bits per heavy atom. The number of halogens is 1. The molecule has 0 unspecified atom stereocenters. The van der Waals surface area contributed by atoms with Crippen molar-refractivity contribution in [3.8, 4) is 5.82 Å².